The predicted octanol–water partition coefficient (Wildman–Crippen LogP) is 1.79. The lowest BCUT2D eigenvalue weighted by Gasteiger charge is -2.15. The Kier molecular flexibility index (Phi) is 5.88. The zero-order valence-electron chi connectivity index (χ0n) is 15.3. The molecule has 0 radical (unpaired) electrons. The Morgan fingerprint density at radius 1 is 1.14 bits per heavy atom. The average molecular weight is 384 g/mol. The van der Waals surface area contributed by atoms with Crippen molar-refractivity contribution < 1.29 is 28.3 Å². The molecule has 3 amide bonds. The molecule has 146 valence electrons. The summed E-state index contributed by atoms with van der Waals surface area (Å²) in [4.78, 5) is 48.8. The van der Waals surface area contributed by atoms with Gasteiger partial charge in [0, 0.05) is 12.8 Å². The molecule has 0 saturated carbocycles. The van der Waals surface area contributed by atoms with E-state index >= 15 is 0 Å². The van der Waals surface area contributed by atoms with E-state index in [0.717, 1.165) is 5.56 Å². The first kappa shape index (κ1) is 19.3. The number of carbonyl (C=O) groups is 4. The maximum Gasteiger partial charge on any atom is 0.338 e. The molecule has 1 atom stereocenters. The first-order valence-corrected chi connectivity index (χ1v) is 8.87. The van der Waals surface area contributed by atoms with Crippen LogP contribution in [-0.2, 0) is 32.2 Å². The number of furan rings is 1. The number of amides is 3. The van der Waals surface area contributed by atoms with Crippen LogP contribution in [0.5, 0.6) is 0 Å². The first-order valence-electron chi connectivity index (χ1n) is 8.87. The average Bonchev–Trinajstić information content (AvgIpc) is 3.32. The molecule has 28 heavy (non-hydrogen) atoms. The largest absolute Gasteiger partial charge is 0.467 e. The van der Waals surface area contributed by atoms with Gasteiger partial charge >= 0.3 is 5.97 Å². The number of hydrogen-bond acceptors (Lipinski definition) is 6. The zero-order valence-corrected chi connectivity index (χ0v) is 15.3. The number of nitrogens with one attached hydrogen (secondary N) is 1. The number of imide groups is 1. The molecule has 1 unspecified atom stereocenters. The summed E-state index contributed by atoms with van der Waals surface area (Å²) >= 11 is 0. The minimum atomic E-state index is -0.970. The number of benzene rings is 1. The molecule has 1 saturated heterocycles. The van der Waals surface area contributed by atoms with Gasteiger partial charge in [-0.05, 0) is 36.8 Å². The molecule has 2 aromatic rings. The second-order valence-corrected chi connectivity index (χ2v) is 6.42. The minimum Gasteiger partial charge on any atom is -0.467 e. The van der Waals surface area contributed by atoms with Crippen LogP contribution >= 0.6 is 0 Å². The summed E-state index contributed by atoms with van der Waals surface area (Å²) in [7, 11) is 0. The number of likely N-dealkylation sites (tertiary alicyclic amines) is 1. The standard InChI is InChI=1S/C20H20N2O6/c1-13(19(25)21-11-16-3-2-10-27-16)28-20(26)15-6-4-14(5-7-15)12-22-17(23)8-9-18(22)24/h2-7,10,13H,8-9,11-12H2,1H3,(H,21,25). The Morgan fingerprint density at radius 3 is 2.43 bits per heavy atom. The number of esters is 1. The lowest BCUT2D eigenvalue weighted by molar-refractivity contribution is -0.139. The van der Waals surface area contributed by atoms with Gasteiger partial charge in [-0.2, -0.15) is 0 Å². The fourth-order valence-corrected chi connectivity index (χ4v) is 2.74. The highest BCUT2D eigenvalue weighted by atomic mass is 16.5. The van der Waals surface area contributed by atoms with Crippen LogP contribution in [0.15, 0.2) is 47.1 Å². The molecular weight excluding hydrogens is 364 g/mol. The van der Waals surface area contributed by atoms with Gasteiger partial charge in [0.1, 0.15) is 5.76 Å². The van der Waals surface area contributed by atoms with Crippen molar-refractivity contribution >= 4 is 23.7 Å². The van der Waals surface area contributed by atoms with Crippen molar-refractivity contribution in [3.63, 3.8) is 0 Å². The van der Waals surface area contributed by atoms with Crippen LogP contribution in [0.3, 0.4) is 0 Å². The summed E-state index contributed by atoms with van der Waals surface area (Å²) in [6, 6.07) is 9.81. The summed E-state index contributed by atoms with van der Waals surface area (Å²) < 4.78 is 10.3. The lowest BCUT2D eigenvalue weighted by atomic mass is 10.1. The predicted molar refractivity (Wildman–Crippen MR) is 96.7 cm³/mol. The first-order chi connectivity index (χ1) is 13.4. The highest BCUT2D eigenvalue weighted by Crippen LogP contribution is 2.16. The molecule has 1 fully saturated rings. The van der Waals surface area contributed by atoms with Crippen LogP contribution in [0.1, 0.15) is 41.4 Å². The molecule has 0 aliphatic carbocycles. The fourth-order valence-electron chi connectivity index (χ4n) is 2.74. The van der Waals surface area contributed by atoms with Crippen molar-refractivity contribution in [1.82, 2.24) is 10.2 Å². The van der Waals surface area contributed by atoms with Crippen molar-refractivity contribution in [1.29, 1.82) is 0 Å². The molecule has 1 aromatic heterocycles. The molecule has 0 bridgehead atoms. The maximum atomic E-state index is 12.2. The second-order valence-electron chi connectivity index (χ2n) is 6.42. The van der Waals surface area contributed by atoms with Crippen LogP contribution in [0.25, 0.3) is 0 Å². The van der Waals surface area contributed by atoms with Crippen LogP contribution in [0.2, 0.25) is 0 Å². The van der Waals surface area contributed by atoms with Gasteiger partial charge in [0.05, 0.1) is 24.9 Å². The van der Waals surface area contributed by atoms with Gasteiger partial charge in [0.15, 0.2) is 6.10 Å². The molecule has 1 aliphatic heterocycles. The number of carbonyl (C=O) groups excluding carboxylic acids is 4. The summed E-state index contributed by atoms with van der Waals surface area (Å²) in [6.07, 6.45) is 1.01. The van der Waals surface area contributed by atoms with Gasteiger partial charge in [-0.3, -0.25) is 19.3 Å². The summed E-state index contributed by atoms with van der Waals surface area (Å²) in [5.74, 6) is -0.865. The molecule has 0 spiro atoms. The van der Waals surface area contributed by atoms with Crippen LogP contribution in [0.4, 0.5) is 0 Å². The Hall–Kier alpha value is -3.42. The molecule has 1 aliphatic rings. The minimum absolute atomic E-state index is 0.179. The highest BCUT2D eigenvalue weighted by Gasteiger charge is 2.28. The van der Waals surface area contributed by atoms with E-state index in [2.05, 4.69) is 5.32 Å². The van der Waals surface area contributed by atoms with E-state index in [0.29, 0.717) is 5.76 Å². The Morgan fingerprint density at radius 2 is 1.82 bits per heavy atom. The molecule has 1 aromatic carbocycles. The Balaban J connectivity index is 1.51. The number of ether oxygens (including phenoxy) is 1. The Bertz CT molecular complexity index is 857. The van der Waals surface area contributed by atoms with Crippen molar-refractivity contribution in [2.75, 3.05) is 0 Å². The number of nitrogens with zero attached hydrogens (tertiary/aromatic N) is 1. The third-order valence-corrected chi connectivity index (χ3v) is 4.36. The van der Waals surface area contributed by atoms with Crippen molar-refractivity contribution in [3.05, 3.63) is 59.5 Å². The quantitative estimate of drug-likeness (QED) is 0.576. The SMILES string of the molecule is CC(OC(=O)c1ccc(CN2C(=O)CCC2=O)cc1)C(=O)NCc1ccco1. The number of rotatable bonds is 7. The van der Waals surface area contributed by atoms with Crippen LogP contribution in [-0.4, -0.2) is 34.7 Å². The zero-order chi connectivity index (χ0) is 20.1. The van der Waals surface area contributed by atoms with Gasteiger partial charge in [-0.15, -0.1) is 0 Å². The van der Waals surface area contributed by atoms with Gasteiger partial charge < -0.3 is 14.5 Å². The smallest absolute Gasteiger partial charge is 0.338 e. The van der Waals surface area contributed by atoms with E-state index in [-0.39, 0.29) is 43.3 Å². The normalized spacial score (nSPS) is 14.8. The van der Waals surface area contributed by atoms with Crippen molar-refractivity contribution in [2.24, 2.45) is 0 Å². The maximum absolute atomic E-state index is 12.2. The van der Waals surface area contributed by atoms with E-state index in [4.69, 9.17) is 9.15 Å². The van der Waals surface area contributed by atoms with E-state index in [9.17, 15) is 19.2 Å². The van der Waals surface area contributed by atoms with E-state index in [1.807, 2.05) is 0 Å². The molecule has 3 rings (SSSR count). The van der Waals surface area contributed by atoms with Gasteiger partial charge in [-0.25, -0.2) is 4.79 Å². The monoisotopic (exact) mass is 384 g/mol. The third-order valence-electron chi connectivity index (χ3n) is 4.36. The van der Waals surface area contributed by atoms with E-state index < -0.39 is 18.0 Å². The van der Waals surface area contributed by atoms with Crippen LogP contribution in [0, 0.1) is 0 Å². The molecular formula is C20H20N2O6. The third kappa shape index (κ3) is 4.64. The van der Waals surface area contributed by atoms with Crippen LogP contribution < -0.4 is 5.32 Å². The topological polar surface area (TPSA) is 106 Å². The highest BCUT2D eigenvalue weighted by molar-refractivity contribution is 6.01. The lowest BCUT2D eigenvalue weighted by Crippen LogP contribution is -2.35. The fraction of sp³-hybridized carbons (Fsp3) is 0.300. The van der Waals surface area contributed by atoms with Gasteiger partial charge in [-0.1, -0.05) is 12.1 Å². The van der Waals surface area contributed by atoms with Gasteiger partial charge in [0.25, 0.3) is 5.91 Å². The van der Waals surface area contributed by atoms with Gasteiger partial charge in [0.2, 0.25) is 11.8 Å². The molecule has 8 nitrogen and oxygen atoms in total. The molecule has 1 N–H and O–H groups in total. The summed E-state index contributed by atoms with van der Waals surface area (Å²) in [6.45, 7) is 1.86. The molecule has 8 heteroatoms. The van der Waals surface area contributed by atoms with E-state index in [1.54, 1.807) is 24.3 Å². The molecule has 2 heterocycles. The van der Waals surface area contributed by atoms with Crippen molar-refractivity contribution in [3.8, 4) is 0 Å². The number of hydrogen-bond donors (Lipinski definition) is 1. The second kappa shape index (κ2) is 8.51. The Labute approximate surface area is 161 Å². The van der Waals surface area contributed by atoms with Crippen molar-refractivity contribution in [2.45, 2.75) is 39.0 Å². The van der Waals surface area contributed by atoms with E-state index in [1.165, 1.54) is 30.2 Å². The summed E-state index contributed by atoms with van der Waals surface area (Å²) in [5.41, 5.74) is 0.998. The summed E-state index contributed by atoms with van der Waals surface area (Å²) in [5, 5.41) is 2.62.